The monoisotopic (exact) mass is 238 g/mol. The highest BCUT2D eigenvalue weighted by atomic mass is 35.5. The summed E-state index contributed by atoms with van der Waals surface area (Å²) in [6, 6.07) is 8.01. The van der Waals surface area contributed by atoms with Crippen LogP contribution in [0, 0.1) is 0 Å². The van der Waals surface area contributed by atoms with Crippen LogP contribution in [0.15, 0.2) is 24.3 Å². The third kappa shape index (κ3) is 3.21. The van der Waals surface area contributed by atoms with Gasteiger partial charge in [0.25, 0.3) is 0 Å². The topological polar surface area (TPSA) is 29.3 Å². The molecule has 3 heteroatoms. The molecule has 0 unspecified atom stereocenters. The zero-order chi connectivity index (χ0) is 11.4. The van der Waals surface area contributed by atoms with Crippen molar-refractivity contribution in [3.05, 3.63) is 34.9 Å². The van der Waals surface area contributed by atoms with Crippen LogP contribution < -0.4 is 5.73 Å². The van der Waals surface area contributed by atoms with Gasteiger partial charge in [-0.1, -0.05) is 23.7 Å². The van der Waals surface area contributed by atoms with Crippen LogP contribution in [0.2, 0.25) is 5.02 Å². The largest absolute Gasteiger partial charge is 0.324 e. The first-order valence-electron chi connectivity index (χ1n) is 5.99. The van der Waals surface area contributed by atoms with Crippen molar-refractivity contribution in [3.63, 3.8) is 0 Å². The van der Waals surface area contributed by atoms with E-state index in [9.17, 15) is 0 Å². The molecule has 1 saturated heterocycles. The highest BCUT2D eigenvalue weighted by Gasteiger charge is 2.13. The van der Waals surface area contributed by atoms with Crippen molar-refractivity contribution in [2.75, 3.05) is 19.6 Å². The van der Waals surface area contributed by atoms with Crippen LogP contribution in [0.3, 0.4) is 0 Å². The van der Waals surface area contributed by atoms with Gasteiger partial charge in [-0.05, 0) is 56.6 Å². The van der Waals surface area contributed by atoms with E-state index in [-0.39, 0.29) is 6.04 Å². The van der Waals surface area contributed by atoms with E-state index in [0.717, 1.165) is 18.0 Å². The molecule has 0 amide bonds. The van der Waals surface area contributed by atoms with Crippen molar-refractivity contribution in [2.45, 2.75) is 25.3 Å². The highest BCUT2D eigenvalue weighted by Crippen LogP contribution is 2.18. The zero-order valence-electron chi connectivity index (χ0n) is 9.53. The number of halogens is 1. The lowest BCUT2D eigenvalue weighted by atomic mass is 10.0. The Morgan fingerprint density at radius 3 is 2.44 bits per heavy atom. The first kappa shape index (κ1) is 11.9. The fourth-order valence-electron chi connectivity index (χ4n) is 2.20. The molecule has 1 atom stereocenters. The van der Waals surface area contributed by atoms with Crippen LogP contribution in [-0.2, 0) is 0 Å². The summed E-state index contributed by atoms with van der Waals surface area (Å²) >= 11 is 5.85. The van der Waals surface area contributed by atoms with E-state index in [1.54, 1.807) is 0 Å². The standard InChI is InChI=1S/C13H19ClN2/c14-12-5-3-11(4-6-12)13(15)7-10-16-8-1-2-9-16/h3-6,13H,1-2,7-10,15H2/t13-/m0/s1. The predicted octanol–water partition coefficient (Wildman–Crippen LogP) is 2.83. The number of rotatable bonds is 4. The number of nitrogens with two attached hydrogens (primary N) is 1. The zero-order valence-corrected chi connectivity index (χ0v) is 10.3. The maximum Gasteiger partial charge on any atom is 0.0406 e. The third-order valence-electron chi connectivity index (χ3n) is 3.25. The second kappa shape index (κ2) is 5.67. The number of nitrogens with zero attached hydrogens (tertiary/aromatic N) is 1. The number of hydrogen-bond donors (Lipinski definition) is 1. The molecule has 0 aliphatic carbocycles. The molecule has 16 heavy (non-hydrogen) atoms. The van der Waals surface area contributed by atoms with Crippen LogP contribution in [0.4, 0.5) is 0 Å². The van der Waals surface area contributed by atoms with Crippen LogP contribution in [0.1, 0.15) is 30.9 Å². The highest BCUT2D eigenvalue weighted by molar-refractivity contribution is 6.30. The second-order valence-electron chi connectivity index (χ2n) is 4.50. The lowest BCUT2D eigenvalue weighted by Gasteiger charge is -2.18. The molecule has 1 heterocycles. The minimum atomic E-state index is 0.137. The lowest BCUT2D eigenvalue weighted by Crippen LogP contribution is -2.24. The average Bonchev–Trinajstić information content (AvgIpc) is 2.80. The lowest BCUT2D eigenvalue weighted by molar-refractivity contribution is 0.322. The van der Waals surface area contributed by atoms with Gasteiger partial charge in [0, 0.05) is 11.1 Å². The SMILES string of the molecule is N[C@@H](CCN1CCCC1)c1ccc(Cl)cc1. The van der Waals surface area contributed by atoms with Crippen molar-refractivity contribution >= 4 is 11.6 Å². The Labute approximate surface area is 102 Å². The van der Waals surface area contributed by atoms with Crippen LogP contribution in [-0.4, -0.2) is 24.5 Å². The first-order chi connectivity index (χ1) is 7.75. The summed E-state index contributed by atoms with van der Waals surface area (Å²) < 4.78 is 0. The summed E-state index contributed by atoms with van der Waals surface area (Å²) in [6.07, 6.45) is 3.72. The third-order valence-corrected chi connectivity index (χ3v) is 3.51. The molecular formula is C13H19ClN2. The number of benzene rings is 1. The number of hydrogen-bond acceptors (Lipinski definition) is 2. The molecule has 2 nitrogen and oxygen atoms in total. The summed E-state index contributed by atoms with van der Waals surface area (Å²) in [5.74, 6) is 0. The van der Waals surface area contributed by atoms with E-state index in [0.29, 0.717) is 0 Å². The van der Waals surface area contributed by atoms with E-state index in [1.165, 1.54) is 31.5 Å². The van der Waals surface area contributed by atoms with Gasteiger partial charge in [-0.15, -0.1) is 0 Å². The van der Waals surface area contributed by atoms with E-state index < -0.39 is 0 Å². The minimum absolute atomic E-state index is 0.137. The van der Waals surface area contributed by atoms with Gasteiger partial charge >= 0.3 is 0 Å². The molecule has 1 aromatic rings. The van der Waals surface area contributed by atoms with E-state index >= 15 is 0 Å². The summed E-state index contributed by atoms with van der Waals surface area (Å²) in [5.41, 5.74) is 7.34. The molecule has 1 aliphatic rings. The van der Waals surface area contributed by atoms with Crippen molar-refractivity contribution in [1.82, 2.24) is 4.90 Å². The Bertz CT molecular complexity index is 317. The summed E-state index contributed by atoms with van der Waals surface area (Å²) in [5, 5.41) is 0.774. The molecule has 0 aromatic heterocycles. The summed E-state index contributed by atoms with van der Waals surface area (Å²) in [6.45, 7) is 3.60. The molecule has 88 valence electrons. The molecule has 2 N–H and O–H groups in total. The normalized spacial score (nSPS) is 18.9. The second-order valence-corrected chi connectivity index (χ2v) is 4.93. The van der Waals surface area contributed by atoms with E-state index in [2.05, 4.69) is 4.90 Å². The van der Waals surface area contributed by atoms with Crippen LogP contribution in [0.25, 0.3) is 0 Å². The maximum absolute atomic E-state index is 6.15. The van der Waals surface area contributed by atoms with Gasteiger partial charge in [0.05, 0.1) is 0 Å². The van der Waals surface area contributed by atoms with Crippen LogP contribution in [0.5, 0.6) is 0 Å². The molecule has 0 radical (unpaired) electrons. The minimum Gasteiger partial charge on any atom is -0.324 e. The Kier molecular flexibility index (Phi) is 4.22. The fraction of sp³-hybridized carbons (Fsp3) is 0.538. The first-order valence-corrected chi connectivity index (χ1v) is 6.37. The summed E-state index contributed by atoms with van der Waals surface area (Å²) in [7, 11) is 0. The van der Waals surface area contributed by atoms with Crippen molar-refractivity contribution in [3.8, 4) is 0 Å². The maximum atomic E-state index is 6.15. The smallest absolute Gasteiger partial charge is 0.0406 e. The molecule has 0 bridgehead atoms. The Balaban J connectivity index is 1.82. The van der Waals surface area contributed by atoms with Crippen LogP contribution >= 0.6 is 11.6 Å². The molecular weight excluding hydrogens is 220 g/mol. The van der Waals surface area contributed by atoms with Crippen molar-refractivity contribution < 1.29 is 0 Å². The molecule has 2 rings (SSSR count). The van der Waals surface area contributed by atoms with Gasteiger partial charge in [-0.3, -0.25) is 0 Å². The van der Waals surface area contributed by atoms with Gasteiger partial charge in [0.15, 0.2) is 0 Å². The fourth-order valence-corrected chi connectivity index (χ4v) is 2.33. The van der Waals surface area contributed by atoms with Gasteiger partial charge in [0.1, 0.15) is 0 Å². The van der Waals surface area contributed by atoms with Crippen molar-refractivity contribution in [2.24, 2.45) is 5.73 Å². The van der Waals surface area contributed by atoms with Gasteiger partial charge < -0.3 is 10.6 Å². The van der Waals surface area contributed by atoms with Crippen molar-refractivity contribution in [1.29, 1.82) is 0 Å². The Hall–Kier alpha value is -0.570. The van der Waals surface area contributed by atoms with Gasteiger partial charge in [-0.25, -0.2) is 0 Å². The van der Waals surface area contributed by atoms with E-state index in [1.807, 2.05) is 24.3 Å². The van der Waals surface area contributed by atoms with E-state index in [4.69, 9.17) is 17.3 Å². The average molecular weight is 239 g/mol. The van der Waals surface area contributed by atoms with Gasteiger partial charge in [-0.2, -0.15) is 0 Å². The molecule has 1 fully saturated rings. The number of likely N-dealkylation sites (tertiary alicyclic amines) is 1. The Morgan fingerprint density at radius 2 is 1.81 bits per heavy atom. The molecule has 1 aromatic carbocycles. The van der Waals surface area contributed by atoms with Gasteiger partial charge in [0.2, 0.25) is 0 Å². The summed E-state index contributed by atoms with van der Waals surface area (Å²) in [4.78, 5) is 2.50. The Morgan fingerprint density at radius 1 is 1.19 bits per heavy atom. The molecule has 1 aliphatic heterocycles. The molecule has 0 spiro atoms. The quantitative estimate of drug-likeness (QED) is 0.874. The molecule has 0 saturated carbocycles. The predicted molar refractivity (Wildman–Crippen MR) is 68.7 cm³/mol.